The Hall–Kier alpha value is -1.11. The van der Waals surface area contributed by atoms with Gasteiger partial charge in [0.1, 0.15) is 5.82 Å². The molecule has 0 bridgehead atoms. The van der Waals surface area contributed by atoms with E-state index in [-0.39, 0.29) is 5.56 Å². The summed E-state index contributed by atoms with van der Waals surface area (Å²) in [5.41, 5.74) is 4.66. The Kier molecular flexibility index (Phi) is 3.85. The molecular weight excluding hydrogens is 302 g/mol. The largest absolute Gasteiger partial charge is 0.416 e. The fourth-order valence-corrected chi connectivity index (χ4v) is 2.69. The van der Waals surface area contributed by atoms with Crippen LogP contribution < -0.4 is 5.73 Å². The van der Waals surface area contributed by atoms with Gasteiger partial charge < -0.3 is 5.73 Å². The summed E-state index contributed by atoms with van der Waals surface area (Å²) in [4.78, 5) is 0.503. The van der Waals surface area contributed by atoms with Crippen molar-refractivity contribution in [2.45, 2.75) is 12.2 Å². The van der Waals surface area contributed by atoms with Gasteiger partial charge in [-0.3, -0.25) is 0 Å². The Morgan fingerprint density at radius 2 is 1.84 bits per heavy atom. The van der Waals surface area contributed by atoms with E-state index in [1.807, 2.05) is 0 Å². The fourth-order valence-electron chi connectivity index (χ4n) is 1.61. The summed E-state index contributed by atoms with van der Waals surface area (Å²) in [7, 11) is 0. The Labute approximate surface area is 115 Å². The maximum Gasteiger partial charge on any atom is 0.416 e. The van der Waals surface area contributed by atoms with Crippen molar-refractivity contribution in [1.82, 2.24) is 0 Å². The topological polar surface area (TPSA) is 26.0 Å². The van der Waals surface area contributed by atoms with E-state index in [0.717, 1.165) is 23.5 Å². The molecule has 1 unspecified atom stereocenters. The standard InChI is InChI=1S/C12H8ClF4NS/c13-10-4-3-9(19-10)11(18)7-5-6(12(15,16)17)1-2-8(7)14/h1-5,11H,18H2. The normalized spacial score (nSPS) is 13.6. The Bertz CT molecular complexity index is 594. The first-order valence-corrected chi connectivity index (χ1v) is 6.36. The van der Waals surface area contributed by atoms with E-state index < -0.39 is 23.6 Å². The summed E-state index contributed by atoms with van der Waals surface area (Å²) in [5, 5.41) is 0. The zero-order valence-electron chi connectivity index (χ0n) is 9.34. The minimum atomic E-state index is -4.53. The van der Waals surface area contributed by atoms with Crippen LogP contribution in [0.2, 0.25) is 4.34 Å². The first-order chi connectivity index (χ1) is 8.79. The van der Waals surface area contributed by atoms with E-state index in [1.54, 1.807) is 12.1 Å². The molecule has 2 aromatic rings. The van der Waals surface area contributed by atoms with Crippen molar-refractivity contribution in [2.75, 3.05) is 0 Å². The molecule has 0 aliphatic heterocycles. The van der Waals surface area contributed by atoms with Gasteiger partial charge >= 0.3 is 6.18 Å². The molecule has 0 amide bonds. The van der Waals surface area contributed by atoms with Gasteiger partial charge in [-0.2, -0.15) is 13.2 Å². The van der Waals surface area contributed by atoms with Gasteiger partial charge in [-0.25, -0.2) is 4.39 Å². The highest BCUT2D eigenvalue weighted by molar-refractivity contribution is 7.16. The number of benzene rings is 1. The number of thiophene rings is 1. The van der Waals surface area contributed by atoms with E-state index in [9.17, 15) is 17.6 Å². The van der Waals surface area contributed by atoms with Crippen molar-refractivity contribution in [3.05, 3.63) is 56.5 Å². The minimum Gasteiger partial charge on any atom is -0.320 e. The second-order valence-corrected chi connectivity index (χ2v) is 5.60. The second-order valence-electron chi connectivity index (χ2n) is 3.85. The lowest BCUT2D eigenvalue weighted by Crippen LogP contribution is -2.14. The number of rotatable bonds is 2. The van der Waals surface area contributed by atoms with E-state index in [1.165, 1.54) is 0 Å². The number of halogens is 5. The van der Waals surface area contributed by atoms with Gasteiger partial charge in [0.2, 0.25) is 0 Å². The number of hydrogen-bond acceptors (Lipinski definition) is 2. The summed E-state index contributed by atoms with van der Waals surface area (Å²) in [6.45, 7) is 0. The predicted molar refractivity (Wildman–Crippen MR) is 66.8 cm³/mol. The third-order valence-corrected chi connectivity index (χ3v) is 3.87. The van der Waals surface area contributed by atoms with Crippen molar-refractivity contribution in [2.24, 2.45) is 5.73 Å². The summed E-state index contributed by atoms with van der Waals surface area (Å²) in [6.07, 6.45) is -4.53. The van der Waals surface area contributed by atoms with Crippen molar-refractivity contribution >= 4 is 22.9 Å². The molecule has 0 saturated carbocycles. The van der Waals surface area contributed by atoms with Gasteiger partial charge in [-0.1, -0.05) is 11.6 Å². The SMILES string of the molecule is NC(c1ccc(Cl)s1)c1cc(C(F)(F)F)ccc1F. The van der Waals surface area contributed by atoms with Crippen LogP contribution in [0.4, 0.5) is 17.6 Å². The lowest BCUT2D eigenvalue weighted by atomic mass is 10.0. The molecule has 1 aromatic heterocycles. The van der Waals surface area contributed by atoms with Crippen molar-refractivity contribution < 1.29 is 17.6 Å². The molecular formula is C12H8ClF4NS. The van der Waals surface area contributed by atoms with Crippen LogP contribution in [0.25, 0.3) is 0 Å². The van der Waals surface area contributed by atoms with E-state index in [2.05, 4.69) is 0 Å². The highest BCUT2D eigenvalue weighted by Crippen LogP contribution is 2.35. The lowest BCUT2D eigenvalue weighted by Gasteiger charge is -2.14. The van der Waals surface area contributed by atoms with Gasteiger partial charge in [0.15, 0.2) is 0 Å². The second kappa shape index (κ2) is 5.11. The highest BCUT2D eigenvalue weighted by Gasteiger charge is 2.32. The molecule has 102 valence electrons. The summed E-state index contributed by atoms with van der Waals surface area (Å²) >= 11 is 6.83. The Balaban J connectivity index is 2.44. The van der Waals surface area contributed by atoms with Crippen LogP contribution >= 0.6 is 22.9 Å². The number of alkyl halides is 3. The van der Waals surface area contributed by atoms with Crippen LogP contribution in [-0.4, -0.2) is 0 Å². The Morgan fingerprint density at radius 3 is 2.37 bits per heavy atom. The van der Waals surface area contributed by atoms with Crippen LogP contribution in [0.3, 0.4) is 0 Å². The Morgan fingerprint density at radius 1 is 1.16 bits per heavy atom. The molecule has 1 heterocycles. The molecule has 1 atom stereocenters. The van der Waals surface area contributed by atoms with Gasteiger partial charge in [-0.15, -0.1) is 11.3 Å². The number of hydrogen-bond donors (Lipinski definition) is 1. The van der Waals surface area contributed by atoms with Crippen molar-refractivity contribution in [1.29, 1.82) is 0 Å². The molecule has 7 heteroatoms. The highest BCUT2D eigenvalue weighted by atomic mass is 35.5. The molecule has 0 fully saturated rings. The molecule has 0 spiro atoms. The summed E-state index contributed by atoms with van der Waals surface area (Å²) in [5.74, 6) is -0.773. The lowest BCUT2D eigenvalue weighted by molar-refractivity contribution is -0.137. The predicted octanol–water partition coefficient (Wildman–Crippen LogP) is 4.61. The molecule has 2 rings (SSSR count). The molecule has 0 radical (unpaired) electrons. The molecule has 0 aliphatic carbocycles. The maximum atomic E-state index is 13.6. The van der Waals surface area contributed by atoms with Crippen LogP contribution in [0.1, 0.15) is 22.0 Å². The third-order valence-electron chi connectivity index (χ3n) is 2.56. The van der Waals surface area contributed by atoms with E-state index in [0.29, 0.717) is 15.3 Å². The van der Waals surface area contributed by atoms with Crippen LogP contribution in [0.15, 0.2) is 30.3 Å². The fraction of sp³-hybridized carbons (Fsp3) is 0.167. The van der Waals surface area contributed by atoms with Crippen LogP contribution in [0, 0.1) is 5.82 Å². The molecule has 2 N–H and O–H groups in total. The maximum absolute atomic E-state index is 13.6. The van der Waals surface area contributed by atoms with E-state index in [4.69, 9.17) is 17.3 Å². The van der Waals surface area contributed by atoms with E-state index >= 15 is 0 Å². The molecule has 0 saturated heterocycles. The molecule has 1 nitrogen and oxygen atoms in total. The molecule has 19 heavy (non-hydrogen) atoms. The first kappa shape index (κ1) is 14.3. The van der Waals surface area contributed by atoms with Crippen molar-refractivity contribution in [3.63, 3.8) is 0 Å². The van der Waals surface area contributed by atoms with Gasteiger partial charge in [0, 0.05) is 10.4 Å². The average Bonchev–Trinajstić information content (AvgIpc) is 2.74. The van der Waals surface area contributed by atoms with Gasteiger partial charge in [-0.05, 0) is 30.3 Å². The smallest absolute Gasteiger partial charge is 0.320 e. The van der Waals surface area contributed by atoms with Crippen molar-refractivity contribution in [3.8, 4) is 0 Å². The monoisotopic (exact) mass is 309 g/mol. The third kappa shape index (κ3) is 3.08. The average molecular weight is 310 g/mol. The quantitative estimate of drug-likeness (QED) is 0.806. The van der Waals surface area contributed by atoms with Gasteiger partial charge in [0.05, 0.1) is 15.9 Å². The zero-order valence-corrected chi connectivity index (χ0v) is 10.9. The zero-order chi connectivity index (χ0) is 14.2. The molecule has 1 aromatic carbocycles. The van der Waals surface area contributed by atoms with Crippen LogP contribution in [-0.2, 0) is 6.18 Å². The molecule has 0 aliphatic rings. The van der Waals surface area contributed by atoms with Gasteiger partial charge in [0.25, 0.3) is 0 Å². The summed E-state index contributed by atoms with van der Waals surface area (Å²) < 4.78 is 51.8. The van der Waals surface area contributed by atoms with Crippen LogP contribution in [0.5, 0.6) is 0 Å². The summed E-state index contributed by atoms with van der Waals surface area (Å²) in [6, 6.07) is 4.35. The number of nitrogens with two attached hydrogens (primary N) is 1. The minimum absolute atomic E-state index is 0.201. The first-order valence-electron chi connectivity index (χ1n) is 5.16.